The number of amides is 1. The van der Waals surface area contributed by atoms with Crippen LogP contribution in [0.25, 0.3) is 0 Å². The molecule has 1 saturated heterocycles. The Hall–Kier alpha value is -1.43. The first-order valence-corrected chi connectivity index (χ1v) is 7.09. The molecule has 0 saturated carbocycles. The van der Waals surface area contributed by atoms with Gasteiger partial charge in [0.05, 0.1) is 16.3 Å². The molecule has 0 aliphatic carbocycles. The van der Waals surface area contributed by atoms with Crippen molar-refractivity contribution in [3.63, 3.8) is 0 Å². The summed E-state index contributed by atoms with van der Waals surface area (Å²) in [6, 6.07) is 2.52. The van der Waals surface area contributed by atoms with Gasteiger partial charge in [-0.1, -0.05) is 11.6 Å². The lowest BCUT2D eigenvalue weighted by atomic mass is 10.2. The van der Waals surface area contributed by atoms with Crippen molar-refractivity contribution in [1.82, 2.24) is 4.90 Å². The van der Waals surface area contributed by atoms with Gasteiger partial charge in [0.1, 0.15) is 6.04 Å². The standard InChI is InChI=1S/C14H16ClF3N2O/c1-9(13(21)20-6-2-3-7-20)19-12-5-4-10(8-11(12)15)14(16,17)18/h4-5,8-9,19H,2-3,6-7H2,1H3. The summed E-state index contributed by atoms with van der Waals surface area (Å²) in [7, 11) is 0. The van der Waals surface area contributed by atoms with Gasteiger partial charge in [-0.25, -0.2) is 0 Å². The molecular formula is C14H16ClF3N2O. The van der Waals surface area contributed by atoms with Crippen molar-refractivity contribution >= 4 is 23.2 Å². The van der Waals surface area contributed by atoms with Crippen LogP contribution < -0.4 is 5.32 Å². The number of alkyl halides is 3. The van der Waals surface area contributed by atoms with Gasteiger partial charge in [0.2, 0.25) is 5.91 Å². The third-order valence-corrected chi connectivity index (χ3v) is 3.77. The number of carbonyl (C=O) groups excluding carboxylic acids is 1. The molecule has 1 heterocycles. The summed E-state index contributed by atoms with van der Waals surface area (Å²) in [6.45, 7) is 3.13. The molecule has 1 N–H and O–H groups in total. The predicted octanol–water partition coefficient (Wildman–Crippen LogP) is 3.78. The van der Waals surface area contributed by atoms with Crippen molar-refractivity contribution in [2.75, 3.05) is 18.4 Å². The van der Waals surface area contributed by atoms with Crippen LogP contribution in [0.15, 0.2) is 18.2 Å². The molecule has 1 aromatic rings. The first kappa shape index (κ1) is 15.9. The lowest BCUT2D eigenvalue weighted by Gasteiger charge is -2.22. The Labute approximate surface area is 126 Å². The first-order valence-electron chi connectivity index (χ1n) is 6.71. The molecule has 1 aliphatic rings. The number of nitrogens with zero attached hydrogens (tertiary/aromatic N) is 1. The van der Waals surface area contributed by atoms with Gasteiger partial charge in [-0.05, 0) is 38.0 Å². The summed E-state index contributed by atoms with van der Waals surface area (Å²) >= 11 is 5.86. The summed E-state index contributed by atoms with van der Waals surface area (Å²) in [5, 5.41) is 2.82. The molecule has 1 aromatic carbocycles. The smallest absolute Gasteiger partial charge is 0.373 e. The zero-order valence-corrected chi connectivity index (χ0v) is 12.3. The van der Waals surface area contributed by atoms with Crippen molar-refractivity contribution in [3.8, 4) is 0 Å². The van der Waals surface area contributed by atoms with Crippen LogP contribution in [0.5, 0.6) is 0 Å². The fourth-order valence-corrected chi connectivity index (χ4v) is 2.55. The molecule has 3 nitrogen and oxygen atoms in total. The number of anilines is 1. The van der Waals surface area contributed by atoms with E-state index in [1.165, 1.54) is 6.07 Å². The van der Waals surface area contributed by atoms with Crippen LogP contribution in [0.2, 0.25) is 5.02 Å². The van der Waals surface area contributed by atoms with Gasteiger partial charge in [-0.15, -0.1) is 0 Å². The average molecular weight is 321 g/mol. The molecule has 116 valence electrons. The second-order valence-corrected chi connectivity index (χ2v) is 5.50. The number of likely N-dealkylation sites (tertiary alicyclic amines) is 1. The Kier molecular flexibility index (Phi) is 4.66. The Morgan fingerprint density at radius 2 is 1.95 bits per heavy atom. The van der Waals surface area contributed by atoms with Crippen LogP contribution in [0.1, 0.15) is 25.3 Å². The van der Waals surface area contributed by atoms with E-state index in [2.05, 4.69) is 5.32 Å². The van der Waals surface area contributed by atoms with E-state index < -0.39 is 17.8 Å². The van der Waals surface area contributed by atoms with Gasteiger partial charge in [-0.3, -0.25) is 4.79 Å². The summed E-state index contributed by atoms with van der Waals surface area (Å²) in [5.41, 5.74) is -0.485. The van der Waals surface area contributed by atoms with Crippen molar-refractivity contribution in [2.24, 2.45) is 0 Å². The van der Waals surface area contributed by atoms with Crippen LogP contribution in [0, 0.1) is 0 Å². The average Bonchev–Trinajstić information content (AvgIpc) is 2.92. The highest BCUT2D eigenvalue weighted by Crippen LogP contribution is 2.34. The molecule has 1 fully saturated rings. The minimum Gasteiger partial charge on any atom is -0.373 e. The molecule has 1 aliphatic heterocycles. The predicted molar refractivity (Wildman–Crippen MR) is 75.4 cm³/mol. The van der Waals surface area contributed by atoms with E-state index in [-0.39, 0.29) is 10.9 Å². The Balaban J connectivity index is 2.07. The Morgan fingerprint density at radius 3 is 2.48 bits per heavy atom. The Morgan fingerprint density at radius 1 is 1.33 bits per heavy atom. The third kappa shape index (κ3) is 3.81. The summed E-state index contributed by atoms with van der Waals surface area (Å²) < 4.78 is 37.7. The molecule has 0 aromatic heterocycles. The summed E-state index contributed by atoms with van der Waals surface area (Å²) in [6.07, 6.45) is -2.46. The Bertz CT molecular complexity index is 527. The third-order valence-electron chi connectivity index (χ3n) is 3.46. The zero-order chi connectivity index (χ0) is 15.6. The maximum Gasteiger partial charge on any atom is 0.416 e. The maximum absolute atomic E-state index is 12.6. The number of rotatable bonds is 3. The van der Waals surface area contributed by atoms with Crippen LogP contribution in [-0.4, -0.2) is 29.9 Å². The highest BCUT2D eigenvalue weighted by Gasteiger charge is 2.31. The second-order valence-electron chi connectivity index (χ2n) is 5.09. The fraction of sp³-hybridized carbons (Fsp3) is 0.500. The second kappa shape index (κ2) is 6.13. The number of carbonyl (C=O) groups is 1. The minimum atomic E-state index is -4.43. The molecule has 1 amide bonds. The van der Waals surface area contributed by atoms with Gasteiger partial charge in [-0.2, -0.15) is 13.2 Å². The summed E-state index contributed by atoms with van der Waals surface area (Å²) in [5.74, 6) is -0.0662. The van der Waals surface area contributed by atoms with Crippen LogP contribution >= 0.6 is 11.6 Å². The minimum absolute atomic E-state index is 0.0501. The molecule has 1 atom stereocenters. The summed E-state index contributed by atoms with van der Waals surface area (Å²) in [4.78, 5) is 13.9. The first-order chi connectivity index (χ1) is 9.79. The van der Waals surface area contributed by atoms with Gasteiger partial charge in [0.15, 0.2) is 0 Å². The van der Waals surface area contributed by atoms with Gasteiger partial charge < -0.3 is 10.2 Å². The molecule has 7 heteroatoms. The van der Waals surface area contributed by atoms with Crippen molar-refractivity contribution in [2.45, 2.75) is 32.0 Å². The van der Waals surface area contributed by atoms with E-state index in [1.807, 2.05) is 0 Å². The SMILES string of the molecule is CC(Nc1ccc(C(F)(F)F)cc1Cl)C(=O)N1CCCC1. The fourth-order valence-electron chi connectivity index (χ4n) is 2.31. The van der Waals surface area contributed by atoms with Crippen molar-refractivity contribution in [3.05, 3.63) is 28.8 Å². The number of halogens is 4. The van der Waals surface area contributed by atoms with Crippen molar-refractivity contribution < 1.29 is 18.0 Å². The van der Waals surface area contributed by atoms with E-state index in [1.54, 1.807) is 11.8 Å². The highest BCUT2D eigenvalue weighted by atomic mass is 35.5. The molecule has 0 spiro atoms. The molecule has 0 bridgehead atoms. The van der Waals surface area contributed by atoms with Gasteiger partial charge in [0.25, 0.3) is 0 Å². The molecule has 0 radical (unpaired) electrons. The largest absolute Gasteiger partial charge is 0.416 e. The number of nitrogens with one attached hydrogen (secondary N) is 1. The van der Waals surface area contributed by atoms with E-state index in [9.17, 15) is 18.0 Å². The van der Waals surface area contributed by atoms with E-state index in [4.69, 9.17) is 11.6 Å². The number of benzene rings is 1. The quantitative estimate of drug-likeness (QED) is 0.919. The van der Waals surface area contributed by atoms with Gasteiger partial charge in [0, 0.05) is 13.1 Å². The van der Waals surface area contributed by atoms with E-state index in [0.29, 0.717) is 5.69 Å². The van der Waals surface area contributed by atoms with Crippen LogP contribution in [0.4, 0.5) is 18.9 Å². The highest BCUT2D eigenvalue weighted by molar-refractivity contribution is 6.33. The zero-order valence-electron chi connectivity index (χ0n) is 11.5. The van der Waals surface area contributed by atoms with E-state index in [0.717, 1.165) is 38.1 Å². The van der Waals surface area contributed by atoms with Crippen LogP contribution in [0.3, 0.4) is 0 Å². The van der Waals surface area contributed by atoms with Gasteiger partial charge >= 0.3 is 6.18 Å². The monoisotopic (exact) mass is 320 g/mol. The lowest BCUT2D eigenvalue weighted by Crippen LogP contribution is -2.39. The van der Waals surface area contributed by atoms with Crippen LogP contribution in [-0.2, 0) is 11.0 Å². The van der Waals surface area contributed by atoms with E-state index >= 15 is 0 Å². The lowest BCUT2D eigenvalue weighted by molar-refractivity contribution is -0.137. The molecular weight excluding hydrogens is 305 g/mol. The molecule has 1 unspecified atom stereocenters. The molecule has 2 rings (SSSR count). The normalized spacial score (nSPS) is 16.9. The topological polar surface area (TPSA) is 32.3 Å². The maximum atomic E-state index is 12.6. The van der Waals surface area contributed by atoms with Crippen molar-refractivity contribution in [1.29, 1.82) is 0 Å². The number of hydrogen-bond acceptors (Lipinski definition) is 2. The number of hydrogen-bond donors (Lipinski definition) is 1. The molecule has 21 heavy (non-hydrogen) atoms.